The average Bonchev–Trinajstić information content (AvgIpc) is 3.30. The van der Waals surface area contributed by atoms with Gasteiger partial charge in [-0.3, -0.25) is 19.4 Å². The largest absolute Gasteiger partial charge is 0.491 e. The second-order valence-electron chi connectivity index (χ2n) is 6.96. The molecule has 3 aromatic heterocycles. The number of anilines is 1. The summed E-state index contributed by atoms with van der Waals surface area (Å²) in [6.07, 6.45) is -1.62. The fraction of sp³-hybridized carbons (Fsp3) is 0.300. The number of fused-ring (bicyclic) bond motifs is 1. The van der Waals surface area contributed by atoms with E-state index in [4.69, 9.17) is 9.47 Å². The number of nitrogens with zero attached hydrogens (tertiary/aromatic N) is 5. The highest BCUT2D eigenvalue weighted by atomic mass is 19.4. The fourth-order valence-electron chi connectivity index (χ4n) is 3.47. The third kappa shape index (κ3) is 3.90. The Morgan fingerprint density at radius 1 is 1.19 bits per heavy atom. The van der Waals surface area contributed by atoms with Crippen molar-refractivity contribution in [3.63, 3.8) is 0 Å². The molecular weight excluding hydrogens is 415 g/mol. The number of carbonyl (C=O) groups is 1. The minimum absolute atomic E-state index is 0.104. The van der Waals surface area contributed by atoms with Gasteiger partial charge in [-0.05, 0) is 24.6 Å². The van der Waals surface area contributed by atoms with E-state index in [0.717, 1.165) is 4.68 Å². The zero-order chi connectivity index (χ0) is 22.3. The van der Waals surface area contributed by atoms with Crippen LogP contribution in [0.3, 0.4) is 0 Å². The first kappa shape index (κ1) is 20.6. The number of hydrogen-bond acceptors (Lipinski definition) is 6. The summed E-state index contributed by atoms with van der Waals surface area (Å²) in [5.74, 6) is 0.558. The second kappa shape index (κ2) is 7.56. The van der Waals surface area contributed by atoms with Crippen molar-refractivity contribution < 1.29 is 27.4 Å². The first-order valence-electron chi connectivity index (χ1n) is 9.21. The number of pyridine rings is 2. The lowest BCUT2D eigenvalue weighted by molar-refractivity contribution is -0.142. The van der Waals surface area contributed by atoms with E-state index in [1.54, 1.807) is 25.3 Å². The van der Waals surface area contributed by atoms with Crippen molar-refractivity contribution in [2.75, 3.05) is 19.1 Å². The van der Waals surface area contributed by atoms with Crippen LogP contribution in [0.25, 0.3) is 11.3 Å². The number of hydrogen-bond donors (Lipinski definition) is 0. The predicted molar refractivity (Wildman–Crippen MR) is 104 cm³/mol. The number of alkyl halides is 3. The molecule has 0 N–H and O–H groups in total. The van der Waals surface area contributed by atoms with E-state index in [1.807, 2.05) is 0 Å². The number of aromatic nitrogens is 4. The molecule has 4 heterocycles. The quantitative estimate of drug-likeness (QED) is 0.614. The summed E-state index contributed by atoms with van der Waals surface area (Å²) in [5, 5.41) is 3.90. The number of carbonyl (C=O) groups excluding carboxylic acids is 1. The van der Waals surface area contributed by atoms with E-state index in [1.165, 1.54) is 31.4 Å². The highest BCUT2D eigenvalue weighted by molar-refractivity contribution is 6.10. The summed E-state index contributed by atoms with van der Waals surface area (Å²) in [5.41, 5.74) is 2.88. The second-order valence-corrected chi connectivity index (χ2v) is 6.96. The number of amides is 1. The monoisotopic (exact) mass is 433 g/mol. The van der Waals surface area contributed by atoms with Crippen molar-refractivity contribution in [1.29, 1.82) is 0 Å². The fourth-order valence-corrected chi connectivity index (χ4v) is 3.47. The van der Waals surface area contributed by atoms with Crippen molar-refractivity contribution in [3.8, 4) is 22.9 Å². The Hall–Kier alpha value is -3.63. The van der Waals surface area contributed by atoms with E-state index in [-0.39, 0.29) is 18.3 Å². The van der Waals surface area contributed by atoms with Gasteiger partial charge in [0.1, 0.15) is 6.54 Å². The van der Waals surface area contributed by atoms with Gasteiger partial charge in [0.15, 0.2) is 11.6 Å². The van der Waals surface area contributed by atoms with E-state index in [0.29, 0.717) is 39.7 Å². The van der Waals surface area contributed by atoms with Crippen LogP contribution < -0.4 is 14.4 Å². The molecular formula is C20H18F3N5O3. The molecule has 0 aliphatic carbocycles. The first-order chi connectivity index (χ1) is 14.7. The maximum atomic E-state index is 12.9. The molecule has 0 saturated heterocycles. The lowest BCUT2D eigenvalue weighted by Crippen LogP contribution is -2.24. The SMILES string of the molecule is COc1cc(-c2cc(C)c3c(n2)CN(c2ccn(CC(F)(F)F)n2)C3=O)cnc1OC. The highest BCUT2D eigenvalue weighted by Crippen LogP contribution is 2.33. The molecule has 0 saturated carbocycles. The average molecular weight is 433 g/mol. The van der Waals surface area contributed by atoms with E-state index in [2.05, 4.69) is 15.1 Å². The summed E-state index contributed by atoms with van der Waals surface area (Å²) in [6.45, 7) is 0.657. The van der Waals surface area contributed by atoms with Crippen LogP contribution in [0.4, 0.5) is 19.0 Å². The maximum absolute atomic E-state index is 12.9. The Labute approximate surface area is 175 Å². The van der Waals surface area contributed by atoms with Crippen molar-refractivity contribution in [2.45, 2.75) is 26.2 Å². The Morgan fingerprint density at radius 3 is 2.65 bits per heavy atom. The molecule has 31 heavy (non-hydrogen) atoms. The standard InChI is InChI=1S/C20H18F3N5O3/c1-11-6-13(12-7-15(30-2)18(31-3)24-8-12)25-14-9-28(19(29)17(11)14)16-4-5-27(26-16)10-20(21,22)23/h4-8H,9-10H2,1-3H3. The molecule has 0 aromatic carbocycles. The van der Waals surface area contributed by atoms with Gasteiger partial charge in [0.25, 0.3) is 11.8 Å². The lowest BCUT2D eigenvalue weighted by Gasteiger charge is -2.12. The number of rotatable bonds is 5. The molecule has 0 radical (unpaired) electrons. The third-order valence-corrected chi connectivity index (χ3v) is 4.83. The molecule has 0 fully saturated rings. The van der Waals surface area contributed by atoms with Gasteiger partial charge in [-0.15, -0.1) is 0 Å². The van der Waals surface area contributed by atoms with E-state index in [9.17, 15) is 18.0 Å². The van der Waals surface area contributed by atoms with Crippen molar-refractivity contribution >= 4 is 11.7 Å². The summed E-state index contributed by atoms with van der Waals surface area (Å²) in [7, 11) is 2.98. The molecule has 11 heteroatoms. The van der Waals surface area contributed by atoms with Crippen molar-refractivity contribution in [3.05, 3.63) is 47.4 Å². The summed E-state index contributed by atoms with van der Waals surface area (Å²) < 4.78 is 49.0. The topological polar surface area (TPSA) is 82.4 Å². The van der Waals surface area contributed by atoms with Gasteiger partial charge in [-0.25, -0.2) is 4.98 Å². The number of ether oxygens (including phenoxy) is 2. The Bertz CT molecular complexity index is 1160. The van der Waals surface area contributed by atoms with Crippen LogP contribution in [-0.4, -0.2) is 46.1 Å². The Balaban J connectivity index is 1.66. The normalized spacial score (nSPS) is 13.5. The predicted octanol–water partition coefficient (Wildman–Crippen LogP) is 3.39. The van der Waals surface area contributed by atoms with Crippen LogP contribution in [0.1, 0.15) is 21.6 Å². The van der Waals surface area contributed by atoms with Gasteiger partial charge >= 0.3 is 6.18 Å². The summed E-state index contributed by atoms with van der Waals surface area (Å²) >= 11 is 0. The molecule has 1 amide bonds. The molecule has 0 unspecified atom stereocenters. The summed E-state index contributed by atoms with van der Waals surface area (Å²) in [4.78, 5) is 23.0. The molecule has 0 atom stereocenters. The van der Waals surface area contributed by atoms with Crippen LogP contribution >= 0.6 is 0 Å². The lowest BCUT2D eigenvalue weighted by atomic mass is 10.1. The van der Waals surface area contributed by atoms with Gasteiger partial charge in [0, 0.05) is 24.0 Å². The minimum atomic E-state index is -4.40. The van der Waals surface area contributed by atoms with Crippen molar-refractivity contribution in [2.24, 2.45) is 0 Å². The highest BCUT2D eigenvalue weighted by Gasteiger charge is 2.34. The Morgan fingerprint density at radius 2 is 1.97 bits per heavy atom. The zero-order valence-corrected chi connectivity index (χ0v) is 16.9. The van der Waals surface area contributed by atoms with Crippen LogP contribution in [0.15, 0.2) is 30.6 Å². The third-order valence-electron chi connectivity index (χ3n) is 4.83. The van der Waals surface area contributed by atoms with E-state index < -0.39 is 12.7 Å². The molecule has 3 aromatic rings. The molecule has 1 aliphatic heterocycles. The summed E-state index contributed by atoms with van der Waals surface area (Å²) in [6, 6.07) is 4.86. The Kier molecular flexibility index (Phi) is 5.03. The molecule has 0 spiro atoms. The van der Waals surface area contributed by atoms with Gasteiger partial charge in [-0.2, -0.15) is 18.3 Å². The zero-order valence-electron chi connectivity index (χ0n) is 16.9. The smallest absolute Gasteiger partial charge is 0.408 e. The number of halogens is 3. The van der Waals surface area contributed by atoms with Crippen LogP contribution in [0, 0.1) is 6.92 Å². The minimum Gasteiger partial charge on any atom is -0.491 e. The maximum Gasteiger partial charge on any atom is 0.408 e. The molecule has 8 nitrogen and oxygen atoms in total. The number of methoxy groups -OCH3 is 2. The van der Waals surface area contributed by atoms with Crippen molar-refractivity contribution in [1.82, 2.24) is 19.7 Å². The molecule has 1 aliphatic rings. The van der Waals surface area contributed by atoms with Crippen LogP contribution in [0.5, 0.6) is 11.6 Å². The first-order valence-corrected chi connectivity index (χ1v) is 9.21. The number of aryl methyl sites for hydroxylation is 1. The van der Waals surface area contributed by atoms with E-state index >= 15 is 0 Å². The molecule has 162 valence electrons. The van der Waals surface area contributed by atoms with Crippen LogP contribution in [-0.2, 0) is 13.1 Å². The molecule has 4 rings (SSSR count). The van der Waals surface area contributed by atoms with Gasteiger partial charge < -0.3 is 9.47 Å². The van der Waals surface area contributed by atoms with Gasteiger partial charge in [-0.1, -0.05) is 0 Å². The van der Waals surface area contributed by atoms with Gasteiger partial charge in [0.2, 0.25) is 0 Å². The molecule has 0 bridgehead atoms. The van der Waals surface area contributed by atoms with Gasteiger partial charge in [0.05, 0.1) is 37.7 Å². The van der Waals surface area contributed by atoms with Crippen LogP contribution in [0.2, 0.25) is 0 Å².